The second-order valence-electron chi connectivity index (χ2n) is 10.0. The molecular weight excluding hydrogens is 436 g/mol. The third-order valence-electron chi connectivity index (χ3n) is 7.60. The molecule has 0 aliphatic heterocycles. The summed E-state index contributed by atoms with van der Waals surface area (Å²) in [5.41, 5.74) is 2.04. The van der Waals surface area contributed by atoms with Crippen molar-refractivity contribution in [1.82, 2.24) is 0 Å². The van der Waals surface area contributed by atoms with Crippen LogP contribution >= 0.6 is 0 Å². The van der Waals surface area contributed by atoms with Crippen LogP contribution in [0.25, 0.3) is 10.8 Å². The first-order valence-corrected chi connectivity index (χ1v) is 12.8. The molecular formula is C30H34F4. The lowest BCUT2D eigenvalue weighted by molar-refractivity contribution is 0.250. The molecule has 0 heterocycles. The normalized spacial score (nSPS) is 18.5. The van der Waals surface area contributed by atoms with Crippen LogP contribution in [-0.4, -0.2) is 0 Å². The maximum absolute atomic E-state index is 15.1. The first-order chi connectivity index (χ1) is 16.4. The summed E-state index contributed by atoms with van der Waals surface area (Å²) in [4.78, 5) is 0. The Balaban J connectivity index is 1.35. The van der Waals surface area contributed by atoms with Gasteiger partial charge in [0.1, 0.15) is 5.82 Å². The van der Waals surface area contributed by atoms with E-state index in [1.54, 1.807) is 6.07 Å². The molecule has 3 aromatic carbocycles. The minimum atomic E-state index is -1.48. The van der Waals surface area contributed by atoms with Gasteiger partial charge >= 0.3 is 0 Å². The summed E-state index contributed by atoms with van der Waals surface area (Å²) < 4.78 is 55.2. The van der Waals surface area contributed by atoms with E-state index in [2.05, 4.69) is 13.0 Å². The predicted octanol–water partition coefficient (Wildman–Crippen LogP) is 9.11. The Bertz CT molecular complexity index is 1090. The van der Waals surface area contributed by atoms with Crippen LogP contribution in [0.3, 0.4) is 0 Å². The molecule has 3 aromatic rings. The lowest BCUT2D eigenvalue weighted by atomic mass is 9.78. The Morgan fingerprint density at radius 1 is 0.676 bits per heavy atom. The molecule has 4 heteroatoms. The van der Waals surface area contributed by atoms with Gasteiger partial charge in [-0.3, -0.25) is 0 Å². The van der Waals surface area contributed by atoms with Crippen molar-refractivity contribution in [2.24, 2.45) is 11.8 Å². The Kier molecular flexibility index (Phi) is 8.28. The van der Waals surface area contributed by atoms with Crippen LogP contribution in [0.5, 0.6) is 0 Å². The van der Waals surface area contributed by atoms with Gasteiger partial charge in [-0.2, -0.15) is 0 Å². The monoisotopic (exact) mass is 470 g/mol. The zero-order valence-corrected chi connectivity index (χ0v) is 20.0. The molecule has 34 heavy (non-hydrogen) atoms. The molecule has 1 saturated carbocycles. The molecule has 0 nitrogen and oxygen atoms in total. The highest BCUT2D eigenvalue weighted by molar-refractivity contribution is 5.84. The number of aryl methyl sites for hydroxylation is 3. The zero-order chi connectivity index (χ0) is 24.1. The maximum Gasteiger partial charge on any atom is 0.194 e. The van der Waals surface area contributed by atoms with Crippen LogP contribution in [0.4, 0.5) is 17.6 Å². The molecule has 0 spiro atoms. The van der Waals surface area contributed by atoms with E-state index in [0.717, 1.165) is 35.8 Å². The summed E-state index contributed by atoms with van der Waals surface area (Å²) in [6.45, 7) is 2.26. The van der Waals surface area contributed by atoms with Crippen molar-refractivity contribution in [2.75, 3.05) is 0 Å². The molecule has 0 aromatic heterocycles. The fraction of sp³-hybridized carbons (Fsp3) is 0.467. The lowest BCUT2D eigenvalue weighted by Gasteiger charge is -2.28. The molecule has 1 aliphatic rings. The van der Waals surface area contributed by atoms with Crippen molar-refractivity contribution in [3.05, 3.63) is 82.4 Å². The molecule has 0 unspecified atom stereocenters. The van der Waals surface area contributed by atoms with Crippen LogP contribution < -0.4 is 0 Å². The number of unbranched alkanes of at least 4 members (excludes halogenated alkanes) is 1. The minimum absolute atomic E-state index is 0.231. The first-order valence-electron chi connectivity index (χ1n) is 12.8. The molecule has 0 bridgehead atoms. The fourth-order valence-electron chi connectivity index (χ4n) is 5.44. The van der Waals surface area contributed by atoms with E-state index in [-0.39, 0.29) is 18.7 Å². The van der Waals surface area contributed by atoms with Crippen LogP contribution in [-0.2, 0) is 19.3 Å². The number of fused-ring (bicyclic) bond motifs is 1. The van der Waals surface area contributed by atoms with E-state index in [1.165, 1.54) is 56.9 Å². The first kappa shape index (κ1) is 24.8. The number of hydrogen-bond acceptors (Lipinski definition) is 0. The number of rotatable bonds is 9. The third kappa shape index (κ3) is 6.00. The smallest absolute Gasteiger partial charge is 0.194 e. The summed E-state index contributed by atoms with van der Waals surface area (Å²) in [6.07, 6.45) is 12.2. The second-order valence-corrected chi connectivity index (χ2v) is 10.0. The standard InChI is InChI=1S/C30H34F4/c1-2-3-4-20-5-7-21(8-6-20)9-10-22-12-16-26-25(17-22)15-14-24(29(26)33)13-11-23-18-27(31)30(34)28(32)19-23/h12,14-21H,2-11,13H2,1H3. The van der Waals surface area contributed by atoms with E-state index < -0.39 is 17.5 Å². The van der Waals surface area contributed by atoms with Gasteiger partial charge in [0.15, 0.2) is 17.5 Å². The molecule has 0 radical (unpaired) electrons. The van der Waals surface area contributed by atoms with Crippen LogP contribution in [0.15, 0.2) is 42.5 Å². The largest absolute Gasteiger partial charge is 0.206 e. The van der Waals surface area contributed by atoms with Crippen molar-refractivity contribution in [1.29, 1.82) is 0 Å². The zero-order valence-electron chi connectivity index (χ0n) is 20.0. The highest BCUT2D eigenvalue weighted by Crippen LogP contribution is 2.34. The second kappa shape index (κ2) is 11.4. The van der Waals surface area contributed by atoms with E-state index in [9.17, 15) is 13.2 Å². The van der Waals surface area contributed by atoms with E-state index >= 15 is 4.39 Å². The predicted molar refractivity (Wildman–Crippen MR) is 131 cm³/mol. The minimum Gasteiger partial charge on any atom is -0.206 e. The average molecular weight is 471 g/mol. The van der Waals surface area contributed by atoms with Gasteiger partial charge in [-0.05, 0) is 71.7 Å². The van der Waals surface area contributed by atoms with Crippen molar-refractivity contribution >= 4 is 10.8 Å². The van der Waals surface area contributed by atoms with Gasteiger partial charge in [0.05, 0.1) is 0 Å². The van der Waals surface area contributed by atoms with Crippen molar-refractivity contribution in [3.63, 3.8) is 0 Å². The van der Waals surface area contributed by atoms with Crippen LogP contribution in [0, 0.1) is 35.1 Å². The molecule has 182 valence electrons. The van der Waals surface area contributed by atoms with Crippen LogP contribution in [0.2, 0.25) is 0 Å². The average Bonchev–Trinajstić information content (AvgIpc) is 2.85. The van der Waals surface area contributed by atoms with Gasteiger partial charge in [-0.1, -0.05) is 82.2 Å². The summed E-state index contributed by atoms with van der Waals surface area (Å²) in [5.74, 6) is -2.48. The van der Waals surface area contributed by atoms with Crippen molar-refractivity contribution in [2.45, 2.75) is 77.6 Å². The van der Waals surface area contributed by atoms with Gasteiger partial charge in [0.2, 0.25) is 0 Å². The SMILES string of the molecule is CCCCC1CCC(CCc2ccc3c(F)c(CCc4cc(F)c(F)c(F)c4)ccc3c2)CC1. The molecule has 1 fully saturated rings. The highest BCUT2D eigenvalue weighted by atomic mass is 19.2. The Morgan fingerprint density at radius 2 is 1.35 bits per heavy atom. The molecule has 0 atom stereocenters. The quantitative estimate of drug-likeness (QED) is 0.216. The highest BCUT2D eigenvalue weighted by Gasteiger charge is 2.20. The summed E-state index contributed by atoms with van der Waals surface area (Å²) >= 11 is 0. The molecule has 0 amide bonds. The van der Waals surface area contributed by atoms with Gasteiger partial charge in [0, 0.05) is 5.39 Å². The Hall–Kier alpha value is -2.36. The fourth-order valence-corrected chi connectivity index (χ4v) is 5.44. The Labute approximate surface area is 200 Å². The van der Waals surface area contributed by atoms with Gasteiger partial charge in [0.25, 0.3) is 0 Å². The van der Waals surface area contributed by atoms with Gasteiger partial charge in [-0.25, -0.2) is 17.6 Å². The van der Waals surface area contributed by atoms with Crippen molar-refractivity contribution < 1.29 is 17.6 Å². The maximum atomic E-state index is 15.1. The van der Waals surface area contributed by atoms with Gasteiger partial charge < -0.3 is 0 Å². The molecule has 0 N–H and O–H groups in total. The van der Waals surface area contributed by atoms with Gasteiger partial charge in [-0.15, -0.1) is 0 Å². The van der Waals surface area contributed by atoms with E-state index in [0.29, 0.717) is 16.5 Å². The summed E-state index contributed by atoms with van der Waals surface area (Å²) in [5, 5.41) is 1.44. The molecule has 1 aliphatic carbocycles. The topological polar surface area (TPSA) is 0 Å². The lowest BCUT2D eigenvalue weighted by Crippen LogP contribution is -2.15. The Morgan fingerprint density at radius 3 is 2.03 bits per heavy atom. The number of halogens is 4. The number of benzene rings is 3. The molecule has 0 saturated heterocycles. The molecule has 4 rings (SSSR count). The van der Waals surface area contributed by atoms with Crippen LogP contribution in [0.1, 0.15) is 75.0 Å². The van der Waals surface area contributed by atoms with Crippen molar-refractivity contribution in [3.8, 4) is 0 Å². The number of hydrogen-bond donors (Lipinski definition) is 0. The summed E-state index contributed by atoms with van der Waals surface area (Å²) in [6, 6.07) is 11.6. The summed E-state index contributed by atoms with van der Waals surface area (Å²) in [7, 11) is 0. The van der Waals surface area contributed by atoms with E-state index in [4.69, 9.17) is 0 Å². The van der Waals surface area contributed by atoms with E-state index in [1.807, 2.05) is 18.2 Å². The third-order valence-corrected chi connectivity index (χ3v) is 7.60.